The van der Waals surface area contributed by atoms with Gasteiger partial charge in [0.1, 0.15) is 5.82 Å². The standard InChI is InChI=1S/C21H24F3N5/c1-20(2,3)14-6-7-16-17(13-14)27-19(26-16)29-11-9-28(10-12-29)18-15(21(22,23)24)5-4-8-25-18/h4-8,13H,9-12H2,1-3H3,(H,26,27). The lowest BCUT2D eigenvalue weighted by atomic mass is 9.87. The molecule has 0 unspecified atom stereocenters. The third-order valence-electron chi connectivity index (χ3n) is 5.31. The van der Waals surface area contributed by atoms with Crippen LogP contribution in [0.5, 0.6) is 0 Å². The van der Waals surface area contributed by atoms with Gasteiger partial charge >= 0.3 is 6.18 Å². The molecule has 0 saturated carbocycles. The van der Waals surface area contributed by atoms with Crippen molar-refractivity contribution >= 4 is 22.8 Å². The average molecular weight is 403 g/mol. The zero-order valence-corrected chi connectivity index (χ0v) is 16.7. The van der Waals surface area contributed by atoms with Crippen LogP contribution in [0, 0.1) is 0 Å². The maximum absolute atomic E-state index is 13.3. The van der Waals surface area contributed by atoms with Crippen LogP contribution in [0.15, 0.2) is 36.5 Å². The van der Waals surface area contributed by atoms with E-state index in [9.17, 15) is 13.2 Å². The van der Waals surface area contributed by atoms with Gasteiger partial charge in [0.2, 0.25) is 5.95 Å². The molecule has 3 aromatic rings. The van der Waals surface area contributed by atoms with Gasteiger partial charge in [0.15, 0.2) is 0 Å². The third kappa shape index (κ3) is 3.88. The van der Waals surface area contributed by atoms with Gasteiger partial charge in [-0.15, -0.1) is 0 Å². The highest BCUT2D eigenvalue weighted by Gasteiger charge is 2.36. The number of pyridine rings is 1. The van der Waals surface area contributed by atoms with Gasteiger partial charge in [0.25, 0.3) is 0 Å². The second-order valence-electron chi connectivity index (χ2n) is 8.39. The Balaban J connectivity index is 1.52. The Bertz CT molecular complexity index is 1010. The van der Waals surface area contributed by atoms with Crippen LogP contribution in [0.4, 0.5) is 24.9 Å². The lowest BCUT2D eigenvalue weighted by Crippen LogP contribution is -2.47. The molecule has 1 N–H and O–H groups in total. The van der Waals surface area contributed by atoms with Gasteiger partial charge in [-0.3, -0.25) is 0 Å². The zero-order valence-electron chi connectivity index (χ0n) is 16.7. The highest BCUT2D eigenvalue weighted by atomic mass is 19.4. The van der Waals surface area contributed by atoms with E-state index < -0.39 is 11.7 Å². The van der Waals surface area contributed by atoms with E-state index in [4.69, 9.17) is 0 Å². The van der Waals surface area contributed by atoms with Gasteiger partial charge in [-0.2, -0.15) is 13.2 Å². The number of aromatic amines is 1. The Labute approximate surface area is 167 Å². The van der Waals surface area contributed by atoms with E-state index in [0.29, 0.717) is 26.2 Å². The van der Waals surface area contributed by atoms with Gasteiger partial charge in [0.05, 0.1) is 16.6 Å². The van der Waals surface area contributed by atoms with E-state index >= 15 is 0 Å². The highest BCUT2D eigenvalue weighted by molar-refractivity contribution is 5.78. The molecule has 29 heavy (non-hydrogen) atoms. The number of benzene rings is 1. The second kappa shape index (κ2) is 6.93. The van der Waals surface area contributed by atoms with Crippen molar-refractivity contribution in [3.63, 3.8) is 0 Å². The Morgan fingerprint density at radius 1 is 0.966 bits per heavy atom. The minimum Gasteiger partial charge on any atom is -0.353 e. The average Bonchev–Trinajstić information content (AvgIpc) is 3.10. The number of H-pyrrole nitrogens is 1. The van der Waals surface area contributed by atoms with Crippen molar-refractivity contribution in [2.24, 2.45) is 0 Å². The molecule has 3 heterocycles. The predicted octanol–water partition coefficient (Wildman–Crippen LogP) is 4.60. The molecular weight excluding hydrogens is 379 g/mol. The van der Waals surface area contributed by atoms with Crippen LogP contribution in [-0.4, -0.2) is 41.1 Å². The molecule has 1 aliphatic heterocycles. The van der Waals surface area contributed by atoms with Crippen LogP contribution in [0.1, 0.15) is 31.9 Å². The lowest BCUT2D eigenvalue weighted by molar-refractivity contribution is -0.137. The van der Waals surface area contributed by atoms with Crippen LogP contribution >= 0.6 is 0 Å². The Hall–Kier alpha value is -2.77. The number of anilines is 2. The van der Waals surface area contributed by atoms with Gasteiger partial charge in [0, 0.05) is 32.4 Å². The second-order valence-corrected chi connectivity index (χ2v) is 8.39. The summed E-state index contributed by atoms with van der Waals surface area (Å²) in [4.78, 5) is 15.8. The van der Waals surface area contributed by atoms with Crippen molar-refractivity contribution in [2.75, 3.05) is 36.0 Å². The SMILES string of the molecule is CC(C)(C)c1ccc2nc(N3CCN(c4ncccc4C(F)(F)F)CC3)[nH]c2c1. The molecule has 0 atom stereocenters. The molecule has 0 spiro atoms. The molecule has 0 radical (unpaired) electrons. The number of alkyl halides is 3. The number of imidazole rings is 1. The van der Waals surface area contributed by atoms with Gasteiger partial charge in [-0.1, -0.05) is 26.8 Å². The smallest absolute Gasteiger partial charge is 0.353 e. The van der Waals surface area contributed by atoms with Crippen LogP contribution < -0.4 is 9.80 Å². The number of rotatable bonds is 2. The van der Waals surface area contributed by atoms with Crippen molar-refractivity contribution in [3.8, 4) is 0 Å². The van der Waals surface area contributed by atoms with Gasteiger partial charge < -0.3 is 14.8 Å². The topological polar surface area (TPSA) is 48.1 Å². The van der Waals surface area contributed by atoms with E-state index in [1.807, 2.05) is 6.07 Å². The van der Waals surface area contributed by atoms with Crippen molar-refractivity contribution in [1.82, 2.24) is 15.0 Å². The molecule has 4 rings (SSSR count). The molecule has 0 aliphatic carbocycles. The first kappa shape index (κ1) is 19.5. The normalized spacial score (nSPS) is 15.9. The largest absolute Gasteiger partial charge is 0.419 e. The summed E-state index contributed by atoms with van der Waals surface area (Å²) in [5.74, 6) is 0.752. The number of hydrogen-bond donors (Lipinski definition) is 1. The minimum absolute atomic E-state index is 0.000856. The van der Waals surface area contributed by atoms with E-state index in [-0.39, 0.29) is 11.2 Å². The summed E-state index contributed by atoms with van der Waals surface area (Å²) < 4.78 is 39.9. The Kier molecular flexibility index (Phi) is 4.67. The summed E-state index contributed by atoms with van der Waals surface area (Å²) in [6, 6.07) is 8.62. The van der Waals surface area contributed by atoms with E-state index in [1.165, 1.54) is 17.8 Å². The third-order valence-corrected chi connectivity index (χ3v) is 5.31. The molecular formula is C21H24F3N5. The Morgan fingerprint density at radius 3 is 2.31 bits per heavy atom. The summed E-state index contributed by atoms with van der Waals surface area (Å²) in [6.07, 6.45) is -3.01. The number of fused-ring (bicyclic) bond motifs is 1. The molecule has 154 valence electrons. The quantitative estimate of drug-likeness (QED) is 0.679. The molecule has 0 bridgehead atoms. The molecule has 1 fully saturated rings. The van der Waals surface area contributed by atoms with E-state index in [2.05, 4.69) is 52.8 Å². The van der Waals surface area contributed by atoms with Crippen molar-refractivity contribution in [1.29, 1.82) is 0 Å². The molecule has 5 nitrogen and oxygen atoms in total. The summed E-state index contributed by atoms with van der Waals surface area (Å²) in [6.45, 7) is 8.53. The maximum Gasteiger partial charge on any atom is 0.419 e. The molecule has 8 heteroatoms. The van der Waals surface area contributed by atoms with Crippen molar-refractivity contribution in [2.45, 2.75) is 32.4 Å². The number of piperazine rings is 1. The monoisotopic (exact) mass is 403 g/mol. The molecule has 2 aromatic heterocycles. The number of nitrogens with one attached hydrogen (secondary N) is 1. The fourth-order valence-electron chi connectivity index (χ4n) is 3.61. The van der Waals surface area contributed by atoms with E-state index in [0.717, 1.165) is 23.0 Å². The first-order valence-electron chi connectivity index (χ1n) is 9.65. The summed E-state index contributed by atoms with van der Waals surface area (Å²) >= 11 is 0. The van der Waals surface area contributed by atoms with Gasteiger partial charge in [-0.25, -0.2) is 9.97 Å². The number of nitrogens with zero attached hydrogens (tertiary/aromatic N) is 4. The number of halogens is 3. The van der Waals surface area contributed by atoms with Crippen LogP contribution in [0.3, 0.4) is 0 Å². The van der Waals surface area contributed by atoms with Crippen molar-refractivity contribution < 1.29 is 13.2 Å². The van der Waals surface area contributed by atoms with Crippen LogP contribution in [0.2, 0.25) is 0 Å². The Morgan fingerprint density at radius 2 is 1.66 bits per heavy atom. The zero-order chi connectivity index (χ0) is 20.8. The van der Waals surface area contributed by atoms with Crippen LogP contribution in [-0.2, 0) is 11.6 Å². The summed E-state index contributed by atoms with van der Waals surface area (Å²) in [5, 5.41) is 0. The molecule has 1 aromatic carbocycles. The summed E-state index contributed by atoms with van der Waals surface area (Å²) in [7, 11) is 0. The van der Waals surface area contributed by atoms with Crippen molar-refractivity contribution in [3.05, 3.63) is 47.7 Å². The lowest BCUT2D eigenvalue weighted by Gasteiger charge is -2.36. The first-order chi connectivity index (χ1) is 13.6. The summed E-state index contributed by atoms with van der Waals surface area (Å²) in [5.41, 5.74) is 2.44. The highest BCUT2D eigenvalue weighted by Crippen LogP contribution is 2.35. The number of aromatic nitrogens is 3. The molecule has 0 amide bonds. The fourth-order valence-corrected chi connectivity index (χ4v) is 3.61. The van der Waals surface area contributed by atoms with E-state index in [1.54, 1.807) is 4.90 Å². The fraction of sp³-hybridized carbons (Fsp3) is 0.429. The van der Waals surface area contributed by atoms with Crippen LogP contribution in [0.25, 0.3) is 11.0 Å². The molecule has 1 saturated heterocycles. The predicted molar refractivity (Wildman–Crippen MR) is 108 cm³/mol. The number of hydrogen-bond acceptors (Lipinski definition) is 4. The maximum atomic E-state index is 13.3. The first-order valence-corrected chi connectivity index (χ1v) is 9.65. The van der Waals surface area contributed by atoms with Gasteiger partial charge in [-0.05, 0) is 35.2 Å². The molecule has 1 aliphatic rings. The minimum atomic E-state index is -4.41.